The van der Waals surface area contributed by atoms with E-state index in [9.17, 15) is 8.42 Å². The van der Waals surface area contributed by atoms with Gasteiger partial charge in [0.15, 0.2) is 5.75 Å². The lowest BCUT2D eigenvalue weighted by atomic mass is 10.2. The number of nitrogens with one attached hydrogen (secondary N) is 2. The van der Waals surface area contributed by atoms with E-state index >= 15 is 0 Å². The van der Waals surface area contributed by atoms with Gasteiger partial charge >= 0.3 is 0 Å². The molecular weight excluding hydrogens is 435 g/mol. The molecule has 7 nitrogen and oxygen atoms in total. The Morgan fingerprint density at radius 2 is 1.72 bits per heavy atom. The summed E-state index contributed by atoms with van der Waals surface area (Å²) < 4.78 is 33.6. The molecule has 0 spiro atoms. The number of anilines is 1. The van der Waals surface area contributed by atoms with E-state index in [0.717, 1.165) is 0 Å². The van der Waals surface area contributed by atoms with Gasteiger partial charge in [0.2, 0.25) is 5.96 Å². The van der Waals surface area contributed by atoms with Crippen LogP contribution in [0.5, 0.6) is 11.5 Å². The molecule has 29 heavy (non-hydrogen) atoms. The van der Waals surface area contributed by atoms with Gasteiger partial charge in [-0.05, 0) is 36.4 Å². The van der Waals surface area contributed by atoms with E-state index < -0.39 is 10.0 Å². The number of ether oxygens (including phenoxy) is 1. The number of benzene rings is 2. The third-order valence-electron chi connectivity index (χ3n) is 4.03. The number of aromatic nitrogens is 1. The van der Waals surface area contributed by atoms with Crippen LogP contribution in [0.4, 0.5) is 5.69 Å². The molecule has 0 aliphatic carbocycles. The van der Waals surface area contributed by atoms with E-state index in [1.165, 1.54) is 6.07 Å². The third kappa shape index (κ3) is 4.14. The van der Waals surface area contributed by atoms with Gasteiger partial charge in [-0.3, -0.25) is 4.98 Å². The lowest BCUT2D eigenvalue weighted by Gasteiger charge is -2.23. The molecule has 148 valence electrons. The highest BCUT2D eigenvalue weighted by atomic mass is 35.5. The van der Waals surface area contributed by atoms with E-state index in [1.54, 1.807) is 54.7 Å². The quantitative estimate of drug-likeness (QED) is 0.615. The molecule has 0 radical (unpaired) electrons. The Morgan fingerprint density at radius 1 is 0.966 bits per heavy atom. The second-order valence-corrected chi connectivity index (χ2v) is 8.45. The Kier molecular flexibility index (Phi) is 5.31. The van der Waals surface area contributed by atoms with Crippen LogP contribution in [0.2, 0.25) is 10.0 Å². The van der Waals surface area contributed by atoms with Crippen molar-refractivity contribution < 1.29 is 13.2 Å². The zero-order valence-corrected chi connectivity index (χ0v) is 17.1. The van der Waals surface area contributed by atoms with E-state index in [2.05, 4.69) is 20.0 Å². The van der Waals surface area contributed by atoms with Crippen LogP contribution in [0.15, 0.2) is 70.7 Å². The van der Waals surface area contributed by atoms with Crippen molar-refractivity contribution in [1.29, 1.82) is 0 Å². The van der Waals surface area contributed by atoms with E-state index in [4.69, 9.17) is 27.9 Å². The van der Waals surface area contributed by atoms with Gasteiger partial charge in [0, 0.05) is 6.20 Å². The van der Waals surface area contributed by atoms with Gasteiger partial charge in [-0.15, -0.1) is 0 Å². The number of halogens is 2. The van der Waals surface area contributed by atoms with Gasteiger partial charge in [0.1, 0.15) is 16.3 Å². The molecule has 1 aliphatic rings. The summed E-state index contributed by atoms with van der Waals surface area (Å²) in [4.78, 5) is 8.44. The molecule has 2 N–H and O–H groups in total. The Bertz CT molecular complexity index is 1220. The number of aliphatic imine (C=N–C) groups is 1. The molecule has 0 saturated carbocycles. The third-order valence-corrected chi connectivity index (χ3v) is 6.07. The SMILES string of the molecule is O=S1(=O)NC(=NCc2ncccc2Cl)Nc2c(Oc3ccccc3Cl)cccc21. The molecule has 0 atom stereocenters. The highest BCUT2D eigenvalue weighted by Gasteiger charge is 2.29. The van der Waals surface area contributed by atoms with Crippen molar-refractivity contribution in [3.05, 3.63) is 76.5 Å². The molecule has 0 bridgehead atoms. The molecule has 0 saturated heterocycles. The van der Waals surface area contributed by atoms with Gasteiger partial charge in [-0.2, -0.15) is 0 Å². The van der Waals surface area contributed by atoms with Crippen LogP contribution >= 0.6 is 23.2 Å². The first-order valence-electron chi connectivity index (χ1n) is 8.43. The van der Waals surface area contributed by atoms with Gasteiger partial charge in [0.05, 0.1) is 22.3 Å². The lowest BCUT2D eigenvalue weighted by molar-refractivity contribution is 0.483. The zero-order chi connectivity index (χ0) is 20.4. The minimum absolute atomic E-state index is 0.0365. The summed E-state index contributed by atoms with van der Waals surface area (Å²) in [6.07, 6.45) is 1.59. The van der Waals surface area contributed by atoms with Crippen LogP contribution in [0.3, 0.4) is 0 Å². The molecular formula is C19H14Cl2N4O3S. The van der Waals surface area contributed by atoms with Crippen molar-refractivity contribution in [2.45, 2.75) is 11.4 Å². The van der Waals surface area contributed by atoms with E-state index in [-0.39, 0.29) is 23.1 Å². The maximum Gasteiger partial charge on any atom is 0.266 e. The molecule has 1 aromatic heterocycles. The number of nitrogens with zero attached hydrogens (tertiary/aromatic N) is 2. The van der Waals surface area contributed by atoms with Gasteiger partial charge < -0.3 is 10.1 Å². The Morgan fingerprint density at radius 3 is 2.52 bits per heavy atom. The molecule has 2 heterocycles. The average molecular weight is 449 g/mol. The fraction of sp³-hybridized carbons (Fsp3) is 0.0526. The monoisotopic (exact) mass is 448 g/mol. The number of hydrogen-bond acceptors (Lipinski definition) is 5. The normalized spacial score (nSPS) is 15.9. The van der Waals surface area contributed by atoms with Crippen molar-refractivity contribution >= 4 is 44.9 Å². The molecule has 1 aliphatic heterocycles. The fourth-order valence-electron chi connectivity index (χ4n) is 2.68. The van der Waals surface area contributed by atoms with Crippen LogP contribution in [0, 0.1) is 0 Å². The largest absolute Gasteiger partial charge is 0.454 e. The first kappa shape index (κ1) is 19.5. The highest BCUT2D eigenvalue weighted by Crippen LogP contribution is 2.38. The zero-order valence-electron chi connectivity index (χ0n) is 14.8. The van der Waals surface area contributed by atoms with Crippen molar-refractivity contribution in [3.8, 4) is 11.5 Å². The summed E-state index contributed by atoms with van der Waals surface area (Å²) in [6.45, 7) is 0.0907. The maximum absolute atomic E-state index is 12.7. The summed E-state index contributed by atoms with van der Waals surface area (Å²) in [6, 6.07) is 15.0. The maximum atomic E-state index is 12.7. The highest BCUT2D eigenvalue weighted by molar-refractivity contribution is 7.90. The minimum Gasteiger partial charge on any atom is -0.454 e. The van der Waals surface area contributed by atoms with Crippen LogP contribution in [-0.2, 0) is 16.6 Å². The van der Waals surface area contributed by atoms with Gasteiger partial charge in [-0.1, -0.05) is 41.4 Å². The topological polar surface area (TPSA) is 92.7 Å². The Labute approximate surface area is 177 Å². The molecule has 0 amide bonds. The van der Waals surface area contributed by atoms with Crippen molar-refractivity contribution in [2.75, 3.05) is 5.32 Å². The molecule has 2 aromatic carbocycles. The number of sulfonamides is 1. The summed E-state index contributed by atoms with van der Waals surface area (Å²) in [5.74, 6) is 0.734. The number of fused-ring (bicyclic) bond motifs is 1. The number of pyridine rings is 1. The van der Waals surface area contributed by atoms with Crippen LogP contribution in [0.25, 0.3) is 0 Å². The molecule has 3 aromatic rings. The number of hydrogen-bond donors (Lipinski definition) is 2. The van der Waals surface area contributed by atoms with Crippen LogP contribution in [0.1, 0.15) is 5.69 Å². The van der Waals surface area contributed by atoms with Gasteiger partial charge in [0.25, 0.3) is 10.0 Å². The number of guanidine groups is 1. The van der Waals surface area contributed by atoms with Crippen molar-refractivity contribution in [2.24, 2.45) is 4.99 Å². The van der Waals surface area contributed by atoms with Crippen LogP contribution < -0.4 is 14.8 Å². The van der Waals surface area contributed by atoms with Crippen LogP contribution in [-0.4, -0.2) is 19.4 Å². The standard InChI is InChI=1S/C19H14Cl2N4O3S/c20-12-6-4-10-22-14(12)11-23-19-24-18-16(28-15-7-2-1-5-13(15)21)8-3-9-17(18)29(26,27)25-19/h1-10H,11H2,(H2,23,24,25). The Hall–Kier alpha value is -2.81. The first-order chi connectivity index (χ1) is 13.9. The Balaban J connectivity index is 1.69. The van der Waals surface area contributed by atoms with E-state index in [1.807, 2.05) is 0 Å². The predicted octanol–water partition coefficient (Wildman–Crippen LogP) is 4.44. The average Bonchev–Trinajstić information content (AvgIpc) is 2.69. The van der Waals surface area contributed by atoms with Crippen molar-refractivity contribution in [1.82, 2.24) is 9.71 Å². The molecule has 0 unspecified atom stereocenters. The summed E-state index contributed by atoms with van der Waals surface area (Å²) >= 11 is 12.2. The molecule has 4 rings (SSSR count). The van der Waals surface area contributed by atoms with E-state index in [0.29, 0.717) is 27.2 Å². The summed E-state index contributed by atoms with van der Waals surface area (Å²) in [5.41, 5.74) is 0.783. The first-order valence-corrected chi connectivity index (χ1v) is 10.7. The minimum atomic E-state index is -3.84. The number of para-hydroxylation sites is 2. The fourth-order valence-corrected chi connectivity index (χ4v) is 4.19. The summed E-state index contributed by atoms with van der Waals surface area (Å²) in [7, 11) is -3.84. The smallest absolute Gasteiger partial charge is 0.266 e. The second-order valence-electron chi connectivity index (χ2n) is 5.99. The number of rotatable bonds is 4. The second kappa shape index (κ2) is 7.90. The molecule has 10 heteroatoms. The van der Waals surface area contributed by atoms with Gasteiger partial charge in [-0.25, -0.2) is 18.1 Å². The van der Waals surface area contributed by atoms with Crippen molar-refractivity contribution in [3.63, 3.8) is 0 Å². The predicted molar refractivity (Wildman–Crippen MR) is 112 cm³/mol. The molecule has 0 fully saturated rings. The summed E-state index contributed by atoms with van der Waals surface area (Å²) in [5, 5.41) is 3.82. The lowest BCUT2D eigenvalue weighted by Crippen LogP contribution is -2.40.